The number of likely N-dealkylation sites (tertiary alicyclic amines) is 1. The van der Waals surface area contributed by atoms with Crippen LogP contribution in [0, 0.1) is 0 Å². The molecule has 2 atom stereocenters. The summed E-state index contributed by atoms with van der Waals surface area (Å²) < 4.78 is 5.83. The molecule has 2 fully saturated rings. The maximum absolute atomic E-state index is 5.83. The van der Waals surface area contributed by atoms with E-state index in [0.29, 0.717) is 6.54 Å². The summed E-state index contributed by atoms with van der Waals surface area (Å²) >= 11 is 0. The molecule has 31 heavy (non-hydrogen) atoms. The third-order valence-electron chi connectivity index (χ3n) is 5.96. The number of hydrogen-bond donors (Lipinski definition) is 2. The molecule has 0 aliphatic carbocycles. The molecule has 2 aliphatic rings. The summed E-state index contributed by atoms with van der Waals surface area (Å²) in [7, 11) is 0. The first kappa shape index (κ1) is 23.8. The summed E-state index contributed by atoms with van der Waals surface area (Å²) in [5, 5.41) is 6.85. The predicted molar refractivity (Wildman–Crippen MR) is 129 cm³/mol. The van der Waals surface area contributed by atoms with Gasteiger partial charge in [0.05, 0.1) is 18.8 Å². The number of aromatic nitrogens is 1. The Morgan fingerprint density at radius 3 is 2.48 bits per heavy atom. The zero-order chi connectivity index (χ0) is 21.9. The molecular weight excluding hydrogens is 388 g/mol. The van der Waals surface area contributed by atoms with Crippen LogP contribution in [0.25, 0.3) is 0 Å². The first-order valence-electron chi connectivity index (χ1n) is 12.2. The molecule has 0 spiro atoms. The highest BCUT2D eigenvalue weighted by atomic mass is 16.5. The molecule has 2 aliphatic heterocycles. The Labute approximate surface area is 188 Å². The third kappa shape index (κ3) is 8.30. The number of aliphatic imine (C=N–C) groups is 1. The average Bonchev–Trinajstić information content (AvgIpc) is 3.03. The average molecular weight is 431 g/mol. The first-order chi connectivity index (χ1) is 15.1. The lowest BCUT2D eigenvalue weighted by Gasteiger charge is -2.36. The van der Waals surface area contributed by atoms with Gasteiger partial charge in [-0.25, -0.2) is 9.98 Å². The minimum atomic E-state index is 0.239. The topological polar surface area (TPSA) is 65.0 Å². The molecule has 0 bridgehead atoms. The van der Waals surface area contributed by atoms with Crippen molar-refractivity contribution in [1.29, 1.82) is 0 Å². The number of pyridine rings is 1. The van der Waals surface area contributed by atoms with Gasteiger partial charge in [-0.3, -0.25) is 0 Å². The Hall–Kier alpha value is -1.86. The van der Waals surface area contributed by atoms with Gasteiger partial charge in [-0.05, 0) is 71.3 Å². The van der Waals surface area contributed by atoms with Crippen LogP contribution in [-0.2, 0) is 11.3 Å². The number of anilines is 1. The van der Waals surface area contributed by atoms with E-state index in [1.165, 1.54) is 45.3 Å². The van der Waals surface area contributed by atoms with Crippen molar-refractivity contribution in [2.24, 2.45) is 4.99 Å². The molecule has 3 rings (SSSR count). The lowest BCUT2D eigenvalue weighted by molar-refractivity contribution is -0.00545. The van der Waals surface area contributed by atoms with Crippen molar-refractivity contribution in [3.05, 3.63) is 23.9 Å². The van der Waals surface area contributed by atoms with Crippen LogP contribution in [0.15, 0.2) is 23.3 Å². The monoisotopic (exact) mass is 430 g/mol. The van der Waals surface area contributed by atoms with Crippen molar-refractivity contribution < 1.29 is 4.74 Å². The van der Waals surface area contributed by atoms with Crippen LogP contribution in [0.1, 0.15) is 58.4 Å². The Balaban J connectivity index is 1.44. The maximum atomic E-state index is 5.83. The summed E-state index contributed by atoms with van der Waals surface area (Å²) in [6.45, 7) is 14.3. The van der Waals surface area contributed by atoms with Crippen molar-refractivity contribution in [3.8, 4) is 0 Å². The molecule has 0 radical (unpaired) electrons. The fourth-order valence-corrected chi connectivity index (χ4v) is 4.44. The molecule has 2 unspecified atom stereocenters. The van der Waals surface area contributed by atoms with E-state index in [2.05, 4.69) is 58.3 Å². The molecule has 0 amide bonds. The fraction of sp³-hybridized carbons (Fsp3) is 0.750. The SMILES string of the molecule is CCNC(=NCc1ccc(N2CC(C)OC(C)C2)nc1)NCCCN1CCCCCC1. The van der Waals surface area contributed by atoms with E-state index in [4.69, 9.17) is 9.73 Å². The maximum Gasteiger partial charge on any atom is 0.191 e. The zero-order valence-corrected chi connectivity index (χ0v) is 19.8. The van der Waals surface area contributed by atoms with Crippen molar-refractivity contribution >= 4 is 11.8 Å². The third-order valence-corrected chi connectivity index (χ3v) is 5.96. The van der Waals surface area contributed by atoms with Gasteiger partial charge in [0.25, 0.3) is 0 Å². The summed E-state index contributed by atoms with van der Waals surface area (Å²) in [6.07, 6.45) is 9.08. The summed E-state index contributed by atoms with van der Waals surface area (Å²) in [5.41, 5.74) is 1.12. The van der Waals surface area contributed by atoms with E-state index in [-0.39, 0.29) is 12.2 Å². The highest BCUT2D eigenvalue weighted by Gasteiger charge is 2.22. The van der Waals surface area contributed by atoms with Crippen LogP contribution < -0.4 is 15.5 Å². The molecule has 0 saturated carbocycles. The lowest BCUT2D eigenvalue weighted by Crippen LogP contribution is -2.45. The van der Waals surface area contributed by atoms with Gasteiger partial charge in [-0.2, -0.15) is 0 Å². The van der Waals surface area contributed by atoms with Crippen LogP contribution in [-0.4, -0.2) is 73.9 Å². The highest BCUT2D eigenvalue weighted by molar-refractivity contribution is 5.79. The molecular formula is C24H42N6O. The lowest BCUT2D eigenvalue weighted by atomic mass is 10.2. The number of nitrogens with zero attached hydrogens (tertiary/aromatic N) is 4. The minimum Gasteiger partial charge on any atom is -0.372 e. The van der Waals surface area contributed by atoms with E-state index in [0.717, 1.165) is 49.9 Å². The number of guanidine groups is 1. The smallest absolute Gasteiger partial charge is 0.191 e. The zero-order valence-electron chi connectivity index (χ0n) is 19.8. The summed E-state index contributed by atoms with van der Waals surface area (Å²) in [6, 6.07) is 4.25. The van der Waals surface area contributed by atoms with Gasteiger partial charge in [0, 0.05) is 32.4 Å². The van der Waals surface area contributed by atoms with Crippen LogP contribution >= 0.6 is 0 Å². The van der Waals surface area contributed by atoms with Gasteiger partial charge >= 0.3 is 0 Å². The number of rotatable bonds is 8. The summed E-state index contributed by atoms with van der Waals surface area (Å²) in [5.74, 6) is 1.91. The van der Waals surface area contributed by atoms with Gasteiger partial charge in [0.1, 0.15) is 5.82 Å². The largest absolute Gasteiger partial charge is 0.372 e. The number of nitrogens with one attached hydrogen (secondary N) is 2. The molecule has 7 heteroatoms. The Morgan fingerprint density at radius 2 is 1.84 bits per heavy atom. The van der Waals surface area contributed by atoms with Gasteiger partial charge in [-0.15, -0.1) is 0 Å². The molecule has 2 saturated heterocycles. The second-order valence-corrected chi connectivity index (χ2v) is 8.92. The van der Waals surface area contributed by atoms with E-state index in [1.54, 1.807) is 0 Å². The van der Waals surface area contributed by atoms with Crippen LogP contribution in [0.4, 0.5) is 5.82 Å². The van der Waals surface area contributed by atoms with Crippen molar-refractivity contribution in [3.63, 3.8) is 0 Å². The molecule has 1 aromatic rings. The quantitative estimate of drug-likeness (QED) is 0.376. The Kier molecular flexibility index (Phi) is 9.87. The van der Waals surface area contributed by atoms with Gasteiger partial charge < -0.3 is 25.2 Å². The fourth-order valence-electron chi connectivity index (χ4n) is 4.44. The van der Waals surface area contributed by atoms with Crippen LogP contribution in [0.5, 0.6) is 0 Å². The van der Waals surface area contributed by atoms with E-state index in [9.17, 15) is 0 Å². The van der Waals surface area contributed by atoms with Gasteiger partial charge in [0.2, 0.25) is 0 Å². The molecule has 3 heterocycles. The first-order valence-corrected chi connectivity index (χ1v) is 12.2. The van der Waals surface area contributed by atoms with Crippen LogP contribution in [0.3, 0.4) is 0 Å². The van der Waals surface area contributed by atoms with Crippen molar-refractivity contribution in [1.82, 2.24) is 20.5 Å². The number of morpholine rings is 1. The van der Waals surface area contributed by atoms with Gasteiger partial charge in [-0.1, -0.05) is 18.9 Å². The molecule has 1 aromatic heterocycles. The second kappa shape index (κ2) is 12.9. The second-order valence-electron chi connectivity index (χ2n) is 8.92. The van der Waals surface area contributed by atoms with E-state index < -0.39 is 0 Å². The number of ether oxygens (including phenoxy) is 1. The Bertz CT molecular complexity index is 647. The molecule has 7 nitrogen and oxygen atoms in total. The van der Waals surface area contributed by atoms with E-state index in [1.807, 2.05) is 6.20 Å². The standard InChI is InChI=1S/C24H42N6O/c1-4-25-24(26-12-9-15-29-13-7-5-6-8-14-29)28-17-22-10-11-23(27-16-22)30-18-20(2)31-21(3)19-30/h10-11,16,20-21H,4-9,12-15,17-19H2,1-3H3,(H2,25,26,28). The minimum absolute atomic E-state index is 0.239. The predicted octanol–water partition coefficient (Wildman–Crippen LogP) is 3.02. The van der Waals surface area contributed by atoms with Crippen LogP contribution in [0.2, 0.25) is 0 Å². The van der Waals surface area contributed by atoms with Crippen molar-refractivity contribution in [2.75, 3.05) is 50.7 Å². The van der Waals surface area contributed by atoms with Gasteiger partial charge in [0.15, 0.2) is 5.96 Å². The molecule has 2 N–H and O–H groups in total. The highest BCUT2D eigenvalue weighted by Crippen LogP contribution is 2.18. The Morgan fingerprint density at radius 1 is 1.10 bits per heavy atom. The van der Waals surface area contributed by atoms with E-state index >= 15 is 0 Å². The number of hydrogen-bond acceptors (Lipinski definition) is 5. The molecule has 0 aromatic carbocycles. The molecule has 174 valence electrons. The summed E-state index contributed by atoms with van der Waals surface area (Å²) in [4.78, 5) is 14.4. The normalized spacial score (nSPS) is 23.5. The van der Waals surface area contributed by atoms with Crippen molar-refractivity contribution in [2.45, 2.75) is 71.6 Å².